The molecule has 2 rings (SSSR count). The minimum atomic E-state index is -1.07. The molecule has 0 radical (unpaired) electrons. The van der Waals surface area contributed by atoms with Gasteiger partial charge in [0.25, 0.3) is 0 Å². The molecule has 17 heavy (non-hydrogen) atoms. The second-order valence-electron chi connectivity index (χ2n) is 4.18. The molecule has 1 aliphatic rings. The first-order valence-electron chi connectivity index (χ1n) is 5.57. The first-order valence-corrected chi connectivity index (χ1v) is 5.57. The van der Waals surface area contributed by atoms with Crippen LogP contribution in [-0.4, -0.2) is 32.9 Å². The van der Waals surface area contributed by atoms with Gasteiger partial charge >= 0.3 is 5.97 Å². The fourth-order valence-corrected chi connectivity index (χ4v) is 1.72. The number of aliphatic carboxylic acids is 1. The molecule has 1 saturated carbocycles. The van der Waals surface area contributed by atoms with Crippen LogP contribution in [-0.2, 0) is 16.1 Å². The molecule has 1 aromatic rings. The maximum absolute atomic E-state index is 11.8. The smallest absolute Gasteiger partial charge is 0.312 e. The summed E-state index contributed by atoms with van der Waals surface area (Å²) in [7, 11) is 0. The summed E-state index contributed by atoms with van der Waals surface area (Å²) >= 11 is 0. The van der Waals surface area contributed by atoms with Crippen LogP contribution in [0.15, 0.2) is 24.5 Å². The van der Waals surface area contributed by atoms with Crippen LogP contribution in [0.3, 0.4) is 0 Å². The van der Waals surface area contributed by atoms with E-state index in [-0.39, 0.29) is 11.9 Å². The van der Waals surface area contributed by atoms with Crippen LogP contribution in [0, 0.1) is 0 Å². The molecule has 5 nitrogen and oxygen atoms in total. The number of carboxylic acid groups (broad SMARTS) is 1. The molecule has 1 heterocycles. The Morgan fingerprint density at radius 3 is 2.53 bits per heavy atom. The Labute approximate surface area is 99.1 Å². The molecule has 0 saturated heterocycles. The molecular formula is C12H14N2O3. The summed E-state index contributed by atoms with van der Waals surface area (Å²) in [5.74, 6) is -1.38. The number of rotatable bonds is 5. The quantitative estimate of drug-likeness (QED) is 0.773. The van der Waals surface area contributed by atoms with Crippen molar-refractivity contribution in [3.05, 3.63) is 30.1 Å². The number of amides is 1. The third kappa shape index (κ3) is 3.27. The molecule has 5 heteroatoms. The number of pyridine rings is 1. The SMILES string of the molecule is O=C(O)CC(=O)N(Cc1ccncc1)C1CC1. The van der Waals surface area contributed by atoms with Gasteiger partial charge in [-0.25, -0.2) is 0 Å². The fraction of sp³-hybridized carbons (Fsp3) is 0.417. The van der Waals surface area contributed by atoms with Crippen LogP contribution < -0.4 is 0 Å². The largest absolute Gasteiger partial charge is 0.481 e. The Hall–Kier alpha value is -1.91. The van der Waals surface area contributed by atoms with Gasteiger partial charge in [-0.05, 0) is 30.5 Å². The van der Waals surface area contributed by atoms with Gasteiger partial charge in [-0.3, -0.25) is 14.6 Å². The van der Waals surface area contributed by atoms with E-state index in [9.17, 15) is 9.59 Å². The summed E-state index contributed by atoms with van der Waals surface area (Å²) in [6, 6.07) is 3.89. The predicted octanol–water partition coefficient (Wildman–Crippen LogP) is 1.05. The molecule has 0 unspecified atom stereocenters. The van der Waals surface area contributed by atoms with Crippen molar-refractivity contribution >= 4 is 11.9 Å². The summed E-state index contributed by atoms with van der Waals surface area (Å²) in [5, 5.41) is 8.64. The van der Waals surface area contributed by atoms with Crippen LogP contribution in [0.25, 0.3) is 0 Å². The maximum atomic E-state index is 11.8. The number of hydrogen-bond acceptors (Lipinski definition) is 3. The van der Waals surface area contributed by atoms with E-state index >= 15 is 0 Å². The highest BCUT2D eigenvalue weighted by Crippen LogP contribution is 2.28. The van der Waals surface area contributed by atoms with E-state index in [1.54, 1.807) is 17.3 Å². The summed E-state index contributed by atoms with van der Waals surface area (Å²) in [6.07, 6.45) is 4.85. The van der Waals surface area contributed by atoms with Gasteiger partial charge in [-0.15, -0.1) is 0 Å². The van der Waals surface area contributed by atoms with Crippen LogP contribution >= 0.6 is 0 Å². The van der Waals surface area contributed by atoms with Crippen molar-refractivity contribution in [1.29, 1.82) is 0 Å². The van der Waals surface area contributed by atoms with Crippen molar-refractivity contribution < 1.29 is 14.7 Å². The highest BCUT2D eigenvalue weighted by Gasteiger charge is 2.33. The summed E-state index contributed by atoms with van der Waals surface area (Å²) in [4.78, 5) is 27.9. The number of nitrogens with zero attached hydrogens (tertiary/aromatic N) is 2. The van der Waals surface area contributed by atoms with E-state index in [2.05, 4.69) is 4.98 Å². The molecule has 0 aromatic carbocycles. The first kappa shape index (κ1) is 11.6. The van der Waals surface area contributed by atoms with E-state index in [0.29, 0.717) is 6.54 Å². The van der Waals surface area contributed by atoms with Gasteiger partial charge in [0, 0.05) is 25.0 Å². The number of hydrogen-bond donors (Lipinski definition) is 1. The van der Waals surface area contributed by atoms with Crippen molar-refractivity contribution in [2.75, 3.05) is 0 Å². The Kier molecular flexibility index (Phi) is 3.37. The number of carboxylic acids is 1. The molecule has 0 spiro atoms. The van der Waals surface area contributed by atoms with Crippen molar-refractivity contribution in [3.63, 3.8) is 0 Å². The molecule has 0 aliphatic heterocycles. The number of aromatic nitrogens is 1. The average molecular weight is 234 g/mol. The van der Waals surface area contributed by atoms with Crippen molar-refractivity contribution in [1.82, 2.24) is 9.88 Å². The Bertz CT molecular complexity index is 415. The molecule has 1 fully saturated rings. The highest BCUT2D eigenvalue weighted by atomic mass is 16.4. The Balaban J connectivity index is 2.03. The van der Waals surface area contributed by atoms with Crippen LogP contribution in [0.5, 0.6) is 0 Å². The lowest BCUT2D eigenvalue weighted by atomic mass is 10.2. The maximum Gasteiger partial charge on any atom is 0.312 e. The van der Waals surface area contributed by atoms with Gasteiger partial charge in [0.1, 0.15) is 6.42 Å². The van der Waals surface area contributed by atoms with Crippen molar-refractivity contribution in [2.24, 2.45) is 0 Å². The predicted molar refractivity (Wildman–Crippen MR) is 60.1 cm³/mol. The van der Waals surface area contributed by atoms with Gasteiger partial charge in [-0.2, -0.15) is 0 Å². The molecule has 0 bridgehead atoms. The number of carbonyl (C=O) groups is 2. The molecule has 1 aromatic heterocycles. The minimum Gasteiger partial charge on any atom is -0.481 e. The topological polar surface area (TPSA) is 70.5 Å². The zero-order valence-electron chi connectivity index (χ0n) is 9.37. The molecule has 0 atom stereocenters. The summed E-state index contributed by atoms with van der Waals surface area (Å²) in [6.45, 7) is 0.472. The minimum absolute atomic E-state index is 0.218. The third-order valence-corrected chi connectivity index (χ3v) is 2.71. The molecule has 90 valence electrons. The van der Waals surface area contributed by atoms with Gasteiger partial charge in [0.05, 0.1) is 0 Å². The van der Waals surface area contributed by atoms with Gasteiger partial charge in [0.15, 0.2) is 0 Å². The fourth-order valence-electron chi connectivity index (χ4n) is 1.72. The van der Waals surface area contributed by atoms with E-state index in [1.165, 1.54) is 0 Å². The second-order valence-corrected chi connectivity index (χ2v) is 4.18. The van der Waals surface area contributed by atoms with E-state index in [0.717, 1.165) is 18.4 Å². The third-order valence-electron chi connectivity index (χ3n) is 2.71. The average Bonchev–Trinajstić information content (AvgIpc) is 3.10. The zero-order chi connectivity index (χ0) is 12.3. The molecule has 1 amide bonds. The van der Waals surface area contributed by atoms with Gasteiger partial charge in [0.2, 0.25) is 5.91 Å². The first-order chi connectivity index (χ1) is 8.16. The Morgan fingerprint density at radius 2 is 2.00 bits per heavy atom. The number of carbonyl (C=O) groups excluding carboxylic acids is 1. The van der Waals surface area contributed by atoms with Crippen LogP contribution in [0.2, 0.25) is 0 Å². The normalized spacial score (nSPS) is 14.4. The summed E-state index contributed by atoms with van der Waals surface area (Å²) in [5.41, 5.74) is 0.977. The lowest BCUT2D eigenvalue weighted by Gasteiger charge is -2.21. The monoisotopic (exact) mass is 234 g/mol. The van der Waals surface area contributed by atoms with E-state index < -0.39 is 12.4 Å². The van der Waals surface area contributed by atoms with Crippen molar-refractivity contribution in [2.45, 2.75) is 31.8 Å². The van der Waals surface area contributed by atoms with Gasteiger partial charge < -0.3 is 10.0 Å². The standard InChI is InChI=1S/C12H14N2O3/c15-11(7-12(16)17)14(10-1-2-10)8-9-3-5-13-6-4-9/h3-6,10H,1-2,7-8H2,(H,16,17). The molecule has 1 N–H and O–H groups in total. The van der Waals surface area contributed by atoms with Crippen LogP contribution in [0.1, 0.15) is 24.8 Å². The van der Waals surface area contributed by atoms with Crippen molar-refractivity contribution in [3.8, 4) is 0 Å². The highest BCUT2D eigenvalue weighted by molar-refractivity contribution is 5.93. The second kappa shape index (κ2) is 4.95. The van der Waals surface area contributed by atoms with E-state index in [1.807, 2.05) is 12.1 Å². The molecular weight excluding hydrogens is 220 g/mol. The molecule has 1 aliphatic carbocycles. The zero-order valence-corrected chi connectivity index (χ0v) is 9.37. The lowest BCUT2D eigenvalue weighted by molar-refractivity contribution is -0.144. The summed E-state index contributed by atoms with van der Waals surface area (Å²) < 4.78 is 0. The Morgan fingerprint density at radius 1 is 1.35 bits per heavy atom. The van der Waals surface area contributed by atoms with Gasteiger partial charge in [-0.1, -0.05) is 0 Å². The van der Waals surface area contributed by atoms with E-state index in [4.69, 9.17) is 5.11 Å². The lowest BCUT2D eigenvalue weighted by Crippen LogP contribution is -2.33. The van der Waals surface area contributed by atoms with Crippen LogP contribution in [0.4, 0.5) is 0 Å².